The van der Waals surface area contributed by atoms with Crippen LogP contribution >= 0.6 is 11.3 Å². The van der Waals surface area contributed by atoms with E-state index in [2.05, 4.69) is 25.6 Å². The third-order valence-electron chi connectivity index (χ3n) is 5.85. The number of hydrogen-bond donors (Lipinski definition) is 5. The molecule has 12 heteroatoms. The Bertz CT molecular complexity index is 1720. The summed E-state index contributed by atoms with van der Waals surface area (Å²) in [6.07, 6.45) is 0. The van der Waals surface area contributed by atoms with Crippen molar-refractivity contribution in [2.75, 3.05) is 29.5 Å². The number of ether oxygens (including phenoxy) is 1. The Morgan fingerprint density at radius 3 is 2.56 bits per heavy atom. The van der Waals surface area contributed by atoms with Crippen LogP contribution in [0.2, 0.25) is 0 Å². The number of carbonyl (C=O) groups is 1. The first kappa shape index (κ1) is 26.2. The van der Waals surface area contributed by atoms with Crippen LogP contribution in [0.15, 0.2) is 82.4 Å². The summed E-state index contributed by atoms with van der Waals surface area (Å²) >= 11 is 1.15. The maximum atomic E-state index is 12.4. The van der Waals surface area contributed by atoms with Gasteiger partial charge in [-0.1, -0.05) is 30.3 Å². The molecular formula is C27H26N6O4S2. The highest BCUT2D eigenvalue weighted by molar-refractivity contribution is 7.91. The normalized spacial score (nSPS) is 11.4. The Morgan fingerprint density at radius 2 is 1.82 bits per heavy atom. The number of nitrogens with two attached hydrogens (primary N) is 1. The molecule has 2 amide bonds. The number of aromatic nitrogens is 2. The number of nitrogens with one attached hydrogen (secondary N) is 4. The summed E-state index contributed by atoms with van der Waals surface area (Å²) in [5, 5.41) is 15.1. The van der Waals surface area contributed by atoms with E-state index in [1.54, 1.807) is 35.7 Å². The van der Waals surface area contributed by atoms with Gasteiger partial charge < -0.3 is 21.1 Å². The molecule has 3 aromatic carbocycles. The number of H-pyrrole nitrogens is 1. The van der Waals surface area contributed by atoms with Gasteiger partial charge in [0.1, 0.15) is 22.1 Å². The molecule has 0 fully saturated rings. The van der Waals surface area contributed by atoms with E-state index in [0.717, 1.165) is 28.0 Å². The number of rotatable bonds is 9. The minimum atomic E-state index is -3.56. The first-order chi connectivity index (χ1) is 18.8. The van der Waals surface area contributed by atoms with E-state index >= 15 is 0 Å². The van der Waals surface area contributed by atoms with Crippen LogP contribution in [0.4, 0.5) is 22.0 Å². The van der Waals surface area contributed by atoms with E-state index in [0.29, 0.717) is 33.8 Å². The van der Waals surface area contributed by atoms with E-state index in [4.69, 9.17) is 10.5 Å². The quantitative estimate of drug-likeness (QED) is 0.156. The number of fused-ring (bicyclic) bond motifs is 1. The Morgan fingerprint density at radius 1 is 1.03 bits per heavy atom. The molecule has 200 valence electrons. The number of hydrogen-bond acceptors (Lipinski definition) is 7. The maximum absolute atomic E-state index is 12.4. The average molecular weight is 563 g/mol. The second kappa shape index (κ2) is 11.2. The molecule has 0 radical (unpaired) electrons. The molecule has 10 nitrogen and oxygen atoms in total. The van der Waals surface area contributed by atoms with Gasteiger partial charge in [0.05, 0.1) is 5.39 Å². The largest absolute Gasteiger partial charge is 0.490 e. The summed E-state index contributed by atoms with van der Waals surface area (Å²) in [5.74, 6) is 0.808. The number of carbonyl (C=O) groups excluding carboxylic acids is 1. The van der Waals surface area contributed by atoms with Gasteiger partial charge >= 0.3 is 6.03 Å². The lowest BCUT2D eigenvalue weighted by molar-refractivity contribution is 0.262. The minimum Gasteiger partial charge on any atom is -0.490 e. The molecule has 0 aliphatic rings. The van der Waals surface area contributed by atoms with Crippen LogP contribution in [0.3, 0.4) is 0 Å². The van der Waals surface area contributed by atoms with Crippen molar-refractivity contribution in [2.24, 2.45) is 0 Å². The molecule has 0 unspecified atom stereocenters. The van der Waals surface area contributed by atoms with Gasteiger partial charge in [0.15, 0.2) is 5.82 Å². The van der Waals surface area contributed by atoms with Crippen LogP contribution in [-0.4, -0.2) is 37.8 Å². The summed E-state index contributed by atoms with van der Waals surface area (Å²) in [7, 11) is -3.56. The third-order valence-corrected chi connectivity index (χ3v) is 8.71. The molecule has 0 saturated heterocycles. The van der Waals surface area contributed by atoms with E-state index in [9.17, 15) is 13.2 Å². The number of thiophene rings is 1. The summed E-state index contributed by atoms with van der Waals surface area (Å²) in [6.45, 7) is 2.17. The Hall–Kier alpha value is -4.39. The first-order valence-electron chi connectivity index (χ1n) is 12.0. The molecule has 0 spiro atoms. The number of aromatic amines is 1. The van der Waals surface area contributed by atoms with E-state index < -0.39 is 10.0 Å². The zero-order chi connectivity index (χ0) is 27.4. The van der Waals surface area contributed by atoms with Gasteiger partial charge in [-0.2, -0.15) is 5.10 Å². The molecule has 0 aliphatic heterocycles. The van der Waals surface area contributed by atoms with Crippen molar-refractivity contribution in [1.82, 2.24) is 14.9 Å². The second-order valence-corrected chi connectivity index (χ2v) is 11.6. The van der Waals surface area contributed by atoms with Crippen molar-refractivity contribution in [1.29, 1.82) is 0 Å². The molecule has 0 bridgehead atoms. The Balaban J connectivity index is 1.26. The number of aryl methyl sites for hydroxylation is 1. The fourth-order valence-electron chi connectivity index (χ4n) is 4.07. The van der Waals surface area contributed by atoms with Gasteiger partial charge in [-0.15, -0.1) is 11.3 Å². The third kappa shape index (κ3) is 6.03. The van der Waals surface area contributed by atoms with E-state index in [-0.39, 0.29) is 23.4 Å². The number of nitrogens with zero attached hydrogens (tertiary/aromatic N) is 1. The number of sulfonamides is 1. The first-order valence-corrected chi connectivity index (χ1v) is 14.3. The maximum Gasteiger partial charge on any atom is 0.323 e. The van der Waals surface area contributed by atoms with Crippen molar-refractivity contribution < 1.29 is 17.9 Å². The lowest BCUT2D eigenvalue weighted by Crippen LogP contribution is -2.27. The molecule has 5 rings (SSSR count). The van der Waals surface area contributed by atoms with Gasteiger partial charge in [0.2, 0.25) is 10.0 Å². The lowest BCUT2D eigenvalue weighted by atomic mass is 10.0. The topological polar surface area (TPSA) is 151 Å². The van der Waals surface area contributed by atoms with Gasteiger partial charge in [-0.25, -0.2) is 17.9 Å². The predicted octanol–water partition coefficient (Wildman–Crippen LogP) is 5.18. The summed E-state index contributed by atoms with van der Waals surface area (Å²) in [5.41, 5.74) is 10.9. The zero-order valence-corrected chi connectivity index (χ0v) is 22.5. The molecular weight excluding hydrogens is 536 g/mol. The Kier molecular flexibility index (Phi) is 7.50. The van der Waals surface area contributed by atoms with Crippen molar-refractivity contribution in [3.8, 4) is 16.9 Å². The summed E-state index contributed by atoms with van der Waals surface area (Å²) < 4.78 is 33.2. The van der Waals surface area contributed by atoms with Gasteiger partial charge in [0.25, 0.3) is 0 Å². The second-order valence-electron chi connectivity index (χ2n) is 8.67. The number of anilines is 3. The Labute approximate surface area is 229 Å². The van der Waals surface area contributed by atoms with Gasteiger partial charge in [-0.05, 0) is 71.5 Å². The minimum absolute atomic E-state index is 0.0962. The standard InChI is InChI=1S/C27H26N6O4S2/c1-17-4-2-5-20(16-17)31-27(34)30-19-9-7-18(8-10-19)21-11-12-22(25-24(21)26(28)33-32-25)37-14-13-29-39(35,36)23-6-3-15-38-23/h2-12,15-16,29H,13-14H2,1H3,(H3,28,32,33)(H2,30,31,34). The molecule has 0 saturated carbocycles. The number of amides is 2. The predicted molar refractivity (Wildman–Crippen MR) is 155 cm³/mol. The van der Waals surface area contributed by atoms with Crippen LogP contribution in [0.1, 0.15) is 5.56 Å². The van der Waals surface area contributed by atoms with Crippen LogP contribution in [-0.2, 0) is 10.0 Å². The molecule has 0 atom stereocenters. The fourth-order valence-corrected chi connectivity index (χ4v) is 6.12. The number of urea groups is 1. The van der Waals surface area contributed by atoms with Crippen LogP contribution < -0.4 is 25.8 Å². The number of nitrogen functional groups attached to an aromatic ring is 1. The molecule has 2 heterocycles. The zero-order valence-electron chi connectivity index (χ0n) is 20.9. The summed E-state index contributed by atoms with van der Waals surface area (Å²) in [4.78, 5) is 12.4. The SMILES string of the molecule is Cc1cccc(NC(=O)Nc2ccc(-c3ccc(OCCNS(=O)(=O)c4cccs4)c4[nH]nc(N)c34)cc2)c1. The van der Waals surface area contributed by atoms with Crippen molar-refractivity contribution in [2.45, 2.75) is 11.1 Å². The van der Waals surface area contributed by atoms with Crippen LogP contribution in [0.5, 0.6) is 5.75 Å². The molecule has 39 heavy (non-hydrogen) atoms. The van der Waals surface area contributed by atoms with Crippen molar-refractivity contribution in [3.63, 3.8) is 0 Å². The average Bonchev–Trinajstić information content (AvgIpc) is 3.59. The van der Waals surface area contributed by atoms with Crippen molar-refractivity contribution in [3.05, 3.63) is 83.7 Å². The highest BCUT2D eigenvalue weighted by Gasteiger charge is 2.17. The summed E-state index contributed by atoms with van der Waals surface area (Å²) in [6, 6.07) is 21.5. The van der Waals surface area contributed by atoms with Crippen LogP contribution in [0, 0.1) is 6.92 Å². The fraction of sp³-hybridized carbons (Fsp3) is 0.111. The van der Waals surface area contributed by atoms with E-state index in [1.807, 2.05) is 49.4 Å². The monoisotopic (exact) mass is 562 g/mol. The molecule has 0 aliphatic carbocycles. The highest BCUT2D eigenvalue weighted by atomic mass is 32.2. The highest BCUT2D eigenvalue weighted by Crippen LogP contribution is 2.36. The van der Waals surface area contributed by atoms with Crippen LogP contribution in [0.25, 0.3) is 22.0 Å². The number of benzene rings is 3. The van der Waals surface area contributed by atoms with Crippen molar-refractivity contribution >= 4 is 55.5 Å². The smallest absolute Gasteiger partial charge is 0.323 e. The molecule has 2 aromatic heterocycles. The lowest BCUT2D eigenvalue weighted by Gasteiger charge is -2.12. The van der Waals surface area contributed by atoms with Gasteiger partial charge in [0, 0.05) is 17.9 Å². The van der Waals surface area contributed by atoms with Gasteiger partial charge in [-0.3, -0.25) is 5.10 Å². The molecule has 5 aromatic rings. The molecule has 6 N–H and O–H groups in total. The van der Waals surface area contributed by atoms with E-state index in [1.165, 1.54) is 0 Å².